The summed E-state index contributed by atoms with van der Waals surface area (Å²) in [6, 6.07) is 0. The van der Waals surface area contributed by atoms with Crippen molar-refractivity contribution in [2.45, 2.75) is 33.1 Å². The number of rotatable bonds is 6. The van der Waals surface area contributed by atoms with Gasteiger partial charge in [-0.15, -0.1) is 0 Å². The average molecular weight is 285 g/mol. The molecule has 0 bridgehead atoms. The van der Waals surface area contributed by atoms with Crippen molar-refractivity contribution in [2.24, 2.45) is 0 Å². The second kappa shape index (κ2) is 7.28. The molecule has 0 saturated heterocycles. The Bertz CT molecular complexity index is 449. The first-order valence-corrected chi connectivity index (χ1v) is 6.80. The van der Waals surface area contributed by atoms with E-state index in [9.17, 15) is 4.79 Å². The summed E-state index contributed by atoms with van der Waals surface area (Å²) in [7, 11) is 3.49. The van der Waals surface area contributed by atoms with Crippen LogP contribution in [0, 0.1) is 6.92 Å². The molecule has 1 aromatic rings. The molecule has 106 valence electrons. The molecule has 0 radical (unpaired) electrons. The van der Waals surface area contributed by atoms with E-state index in [0.717, 1.165) is 30.0 Å². The third-order valence-corrected chi connectivity index (χ3v) is 3.10. The standard InChI is InChI=1S/C13H21ClN4O/c1-5-6-10-16-12(14)9(2)13(17-10)15-8-7-11(19)18(3)4/h5-8H2,1-4H3,(H,15,16,17). The molecule has 0 unspecified atom stereocenters. The number of anilines is 1. The van der Waals surface area contributed by atoms with Gasteiger partial charge in [0, 0.05) is 39.0 Å². The number of halogens is 1. The van der Waals surface area contributed by atoms with Crippen molar-refractivity contribution >= 4 is 23.3 Å². The molecule has 1 amide bonds. The summed E-state index contributed by atoms with van der Waals surface area (Å²) in [5, 5.41) is 3.63. The van der Waals surface area contributed by atoms with E-state index < -0.39 is 0 Å². The Hall–Kier alpha value is -1.36. The normalized spacial score (nSPS) is 10.4. The van der Waals surface area contributed by atoms with Crippen LogP contribution in [0.1, 0.15) is 31.2 Å². The van der Waals surface area contributed by atoms with Crippen LogP contribution in [-0.4, -0.2) is 41.4 Å². The number of amides is 1. The van der Waals surface area contributed by atoms with E-state index in [2.05, 4.69) is 22.2 Å². The lowest BCUT2D eigenvalue weighted by Gasteiger charge is -2.13. The number of nitrogens with one attached hydrogen (secondary N) is 1. The first kappa shape index (κ1) is 15.7. The van der Waals surface area contributed by atoms with Crippen LogP contribution in [0.25, 0.3) is 0 Å². The van der Waals surface area contributed by atoms with Crippen molar-refractivity contribution in [1.82, 2.24) is 14.9 Å². The first-order chi connectivity index (χ1) is 8.95. The van der Waals surface area contributed by atoms with Gasteiger partial charge in [0.25, 0.3) is 0 Å². The fourth-order valence-electron chi connectivity index (χ4n) is 1.55. The minimum atomic E-state index is 0.0825. The Kier molecular flexibility index (Phi) is 6.02. The molecule has 0 aromatic carbocycles. The second-order valence-corrected chi connectivity index (χ2v) is 4.98. The zero-order valence-electron chi connectivity index (χ0n) is 12.0. The number of nitrogens with zero attached hydrogens (tertiary/aromatic N) is 3. The Balaban J connectivity index is 2.69. The minimum Gasteiger partial charge on any atom is -0.369 e. The molecule has 0 aliphatic rings. The highest BCUT2D eigenvalue weighted by Gasteiger charge is 2.10. The molecule has 1 rings (SSSR count). The molecule has 6 heteroatoms. The fraction of sp³-hybridized carbons (Fsp3) is 0.615. The summed E-state index contributed by atoms with van der Waals surface area (Å²) in [5.41, 5.74) is 0.818. The molecule has 0 saturated carbocycles. The lowest BCUT2D eigenvalue weighted by atomic mass is 10.3. The van der Waals surface area contributed by atoms with Crippen LogP contribution in [0.3, 0.4) is 0 Å². The van der Waals surface area contributed by atoms with Crippen molar-refractivity contribution in [2.75, 3.05) is 26.0 Å². The number of hydrogen-bond acceptors (Lipinski definition) is 4. The topological polar surface area (TPSA) is 58.1 Å². The fourth-order valence-corrected chi connectivity index (χ4v) is 1.74. The highest BCUT2D eigenvalue weighted by Crippen LogP contribution is 2.20. The van der Waals surface area contributed by atoms with Crippen LogP contribution in [0.2, 0.25) is 5.15 Å². The van der Waals surface area contributed by atoms with Crippen molar-refractivity contribution < 1.29 is 4.79 Å². The van der Waals surface area contributed by atoms with Gasteiger partial charge in [-0.25, -0.2) is 9.97 Å². The number of aromatic nitrogens is 2. The molecule has 0 fully saturated rings. The SMILES string of the molecule is CCCc1nc(Cl)c(C)c(NCCC(=O)N(C)C)n1. The maximum atomic E-state index is 11.5. The number of hydrogen-bond donors (Lipinski definition) is 1. The van der Waals surface area contributed by atoms with Crippen molar-refractivity contribution in [1.29, 1.82) is 0 Å². The summed E-state index contributed by atoms with van der Waals surface area (Å²) in [6.07, 6.45) is 2.19. The van der Waals surface area contributed by atoms with E-state index in [-0.39, 0.29) is 5.91 Å². The quantitative estimate of drug-likeness (QED) is 0.814. The molecule has 0 atom stereocenters. The summed E-state index contributed by atoms with van der Waals surface area (Å²) >= 11 is 6.08. The van der Waals surface area contributed by atoms with E-state index >= 15 is 0 Å². The lowest BCUT2D eigenvalue weighted by molar-refractivity contribution is -0.128. The van der Waals surface area contributed by atoms with E-state index in [4.69, 9.17) is 11.6 Å². The molecular formula is C13H21ClN4O. The van der Waals surface area contributed by atoms with Crippen LogP contribution in [0.4, 0.5) is 5.82 Å². The van der Waals surface area contributed by atoms with Gasteiger partial charge in [0.05, 0.1) is 0 Å². The third-order valence-electron chi connectivity index (χ3n) is 2.74. The van der Waals surface area contributed by atoms with Gasteiger partial charge in [-0.3, -0.25) is 4.79 Å². The highest BCUT2D eigenvalue weighted by molar-refractivity contribution is 6.30. The van der Waals surface area contributed by atoms with Crippen LogP contribution >= 0.6 is 11.6 Å². The smallest absolute Gasteiger partial charge is 0.223 e. The molecular weight excluding hydrogens is 264 g/mol. The molecule has 5 nitrogen and oxygen atoms in total. The first-order valence-electron chi connectivity index (χ1n) is 6.42. The zero-order chi connectivity index (χ0) is 14.4. The van der Waals surface area contributed by atoms with Gasteiger partial charge in [-0.05, 0) is 13.3 Å². The van der Waals surface area contributed by atoms with Gasteiger partial charge in [0.1, 0.15) is 16.8 Å². The third kappa shape index (κ3) is 4.67. The molecule has 0 aliphatic heterocycles. The van der Waals surface area contributed by atoms with Gasteiger partial charge < -0.3 is 10.2 Å². The van der Waals surface area contributed by atoms with Gasteiger partial charge >= 0.3 is 0 Å². The monoisotopic (exact) mass is 284 g/mol. The predicted octanol–water partition coefficient (Wildman–Crippen LogP) is 2.28. The number of aryl methyl sites for hydroxylation is 1. The van der Waals surface area contributed by atoms with Gasteiger partial charge in [0.15, 0.2) is 0 Å². The summed E-state index contributed by atoms with van der Waals surface area (Å²) in [5.74, 6) is 1.54. The van der Waals surface area contributed by atoms with Crippen molar-refractivity contribution in [3.63, 3.8) is 0 Å². The van der Waals surface area contributed by atoms with E-state index in [0.29, 0.717) is 18.1 Å². The van der Waals surface area contributed by atoms with Gasteiger partial charge in [0.2, 0.25) is 5.91 Å². The maximum Gasteiger partial charge on any atom is 0.223 e. The number of carbonyl (C=O) groups excluding carboxylic acids is 1. The van der Waals surface area contributed by atoms with E-state index in [1.807, 2.05) is 6.92 Å². The van der Waals surface area contributed by atoms with E-state index in [1.54, 1.807) is 19.0 Å². The van der Waals surface area contributed by atoms with Crippen LogP contribution in [-0.2, 0) is 11.2 Å². The molecule has 1 aromatic heterocycles. The highest BCUT2D eigenvalue weighted by atomic mass is 35.5. The van der Waals surface area contributed by atoms with Crippen molar-refractivity contribution in [3.05, 3.63) is 16.5 Å². The Labute approximate surface area is 119 Å². The Morgan fingerprint density at radius 2 is 2.05 bits per heavy atom. The zero-order valence-corrected chi connectivity index (χ0v) is 12.7. The molecule has 0 spiro atoms. The maximum absolute atomic E-state index is 11.5. The van der Waals surface area contributed by atoms with E-state index in [1.165, 1.54) is 0 Å². The van der Waals surface area contributed by atoms with Crippen LogP contribution in [0.5, 0.6) is 0 Å². The summed E-state index contributed by atoms with van der Waals surface area (Å²) in [6.45, 7) is 4.48. The average Bonchev–Trinajstić information content (AvgIpc) is 2.35. The van der Waals surface area contributed by atoms with Gasteiger partial charge in [-0.1, -0.05) is 18.5 Å². The Morgan fingerprint density at radius 3 is 2.63 bits per heavy atom. The van der Waals surface area contributed by atoms with Gasteiger partial charge in [-0.2, -0.15) is 0 Å². The van der Waals surface area contributed by atoms with Crippen LogP contribution < -0.4 is 5.32 Å². The molecule has 19 heavy (non-hydrogen) atoms. The summed E-state index contributed by atoms with van der Waals surface area (Å²) in [4.78, 5) is 21.7. The van der Waals surface area contributed by atoms with Crippen LogP contribution in [0.15, 0.2) is 0 Å². The molecule has 0 aliphatic carbocycles. The lowest BCUT2D eigenvalue weighted by Crippen LogP contribution is -2.24. The second-order valence-electron chi connectivity index (χ2n) is 4.62. The summed E-state index contributed by atoms with van der Waals surface area (Å²) < 4.78 is 0. The minimum absolute atomic E-state index is 0.0825. The Morgan fingerprint density at radius 1 is 1.37 bits per heavy atom. The molecule has 1 N–H and O–H groups in total. The largest absolute Gasteiger partial charge is 0.369 e. The predicted molar refractivity (Wildman–Crippen MR) is 77.6 cm³/mol. The van der Waals surface area contributed by atoms with Crippen molar-refractivity contribution in [3.8, 4) is 0 Å². The molecule has 1 heterocycles. The number of carbonyl (C=O) groups is 1.